The van der Waals surface area contributed by atoms with Crippen LogP contribution in [0.3, 0.4) is 0 Å². The van der Waals surface area contributed by atoms with Gasteiger partial charge in [0.2, 0.25) is 5.09 Å². The topological polar surface area (TPSA) is 53.8 Å². The first-order valence-corrected chi connectivity index (χ1v) is 8.98. The highest BCUT2D eigenvalue weighted by molar-refractivity contribution is 7.88. The monoisotopic (exact) mass is 336 g/mol. The van der Waals surface area contributed by atoms with E-state index in [2.05, 4.69) is 26.0 Å². The van der Waals surface area contributed by atoms with Crippen LogP contribution in [-0.4, -0.2) is 33.9 Å². The van der Waals surface area contributed by atoms with Crippen LogP contribution in [0.1, 0.15) is 31.1 Å². The van der Waals surface area contributed by atoms with Crippen LogP contribution in [0.25, 0.3) is 0 Å². The van der Waals surface area contributed by atoms with Gasteiger partial charge in [-0.25, -0.2) is 12.7 Å². The highest BCUT2D eigenvalue weighted by Crippen LogP contribution is 2.23. The lowest BCUT2D eigenvalue weighted by Gasteiger charge is -2.19. The third-order valence-electron chi connectivity index (χ3n) is 3.74. The van der Waals surface area contributed by atoms with E-state index in [-0.39, 0.29) is 5.09 Å². The van der Waals surface area contributed by atoms with Gasteiger partial charge in [0.05, 0.1) is 6.54 Å². The van der Waals surface area contributed by atoms with E-state index in [0.717, 1.165) is 9.99 Å². The molecule has 0 radical (unpaired) electrons. The number of benzene rings is 1. The molecule has 23 heavy (non-hydrogen) atoms. The van der Waals surface area contributed by atoms with E-state index >= 15 is 0 Å². The van der Waals surface area contributed by atoms with Crippen LogP contribution >= 0.6 is 0 Å². The van der Waals surface area contributed by atoms with Crippen molar-refractivity contribution in [3.63, 3.8) is 0 Å². The average Bonchev–Trinajstić information content (AvgIpc) is 2.96. The molecule has 0 fully saturated rings. The summed E-state index contributed by atoms with van der Waals surface area (Å²) in [6, 6.07) is 11.5. The van der Waals surface area contributed by atoms with Gasteiger partial charge < -0.3 is 9.32 Å². The van der Waals surface area contributed by atoms with E-state index in [1.54, 1.807) is 6.07 Å². The Morgan fingerprint density at radius 1 is 1.09 bits per heavy atom. The van der Waals surface area contributed by atoms with Crippen molar-refractivity contribution in [2.75, 3.05) is 26.0 Å². The Morgan fingerprint density at radius 2 is 1.78 bits per heavy atom. The maximum Gasteiger partial charge on any atom is 0.275 e. The molecule has 0 amide bonds. The zero-order valence-corrected chi connectivity index (χ0v) is 15.1. The molecule has 126 valence electrons. The smallest absolute Gasteiger partial charge is 0.275 e. The predicted octanol–water partition coefficient (Wildman–Crippen LogP) is 3.29. The molecule has 0 spiro atoms. The molecule has 0 unspecified atom stereocenters. The summed E-state index contributed by atoms with van der Waals surface area (Å²) in [5.41, 5.74) is 2.34. The number of rotatable bonds is 6. The van der Waals surface area contributed by atoms with E-state index in [9.17, 15) is 8.42 Å². The zero-order chi connectivity index (χ0) is 17.2. The van der Waals surface area contributed by atoms with Gasteiger partial charge in [0.25, 0.3) is 10.0 Å². The van der Waals surface area contributed by atoms with Crippen molar-refractivity contribution >= 4 is 15.7 Å². The molecule has 0 atom stereocenters. The van der Waals surface area contributed by atoms with Crippen LogP contribution in [0.2, 0.25) is 0 Å². The van der Waals surface area contributed by atoms with Gasteiger partial charge in [-0.15, -0.1) is 0 Å². The van der Waals surface area contributed by atoms with Crippen LogP contribution in [0.15, 0.2) is 45.9 Å². The summed E-state index contributed by atoms with van der Waals surface area (Å²) in [5, 5.41) is -0.0261. The first-order valence-electron chi connectivity index (χ1n) is 7.54. The van der Waals surface area contributed by atoms with E-state index in [1.807, 2.05) is 24.1 Å². The highest BCUT2D eigenvalue weighted by Gasteiger charge is 2.21. The van der Waals surface area contributed by atoms with Crippen molar-refractivity contribution in [3.05, 3.63) is 47.7 Å². The van der Waals surface area contributed by atoms with Gasteiger partial charge in [0.15, 0.2) is 0 Å². The highest BCUT2D eigenvalue weighted by atomic mass is 32.2. The summed E-state index contributed by atoms with van der Waals surface area (Å²) in [4.78, 5) is 2.04. The second kappa shape index (κ2) is 6.76. The summed E-state index contributed by atoms with van der Waals surface area (Å²) in [7, 11) is 1.41. The number of anilines is 1. The Kier molecular flexibility index (Phi) is 5.16. The minimum atomic E-state index is -3.53. The van der Waals surface area contributed by atoms with Gasteiger partial charge in [0, 0.05) is 26.8 Å². The second-order valence-corrected chi connectivity index (χ2v) is 8.20. The molecule has 0 aliphatic rings. The molecule has 1 heterocycles. The molecule has 0 aliphatic carbocycles. The largest absolute Gasteiger partial charge is 0.446 e. The molecule has 0 N–H and O–H groups in total. The summed E-state index contributed by atoms with van der Waals surface area (Å²) in [6.45, 7) is 4.82. The van der Waals surface area contributed by atoms with Crippen molar-refractivity contribution in [2.45, 2.75) is 31.4 Å². The quantitative estimate of drug-likeness (QED) is 0.812. The first kappa shape index (κ1) is 17.6. The Morgan fingerprint density at radius 3 is 2.39 bits per heavy atom. The standard InChI is InChI=1S/C17H24N2O3S/c1-13(2)14-7-6-8-15(11-14)19(5)12-16-9-10-17(22-16)23(20,21)18(3)4/h6-11,13H,12H2,1-5H3. The summed E-state index contributed by atoms with van der Waals surface area (Å²) < 4.78 is 30.7. The van der Waals surface area contributed by atoms with Gasteiger partial charge in [0.1, 0.15) is 5.76 Å². The Hall–Kier alpha value is -1.79. The third kappa shape index (κ3) is 3.95. The second-order valence-electron chi connectivity index (χ2n) is 6.11. The van der Waals surface area contributed by atoms with E-state index in [1.165, 1.54) is 25.7 Å². The van der Waals surface area contributed by atoms with Crippen LogP contribution in [-0.2, 0) is 16.6 Å². The Bertz CT molecular complexity index is 764. The molecule has 0 saturated heterocycles. The molecular formula is C17H24N2O3S. The van der Waals surface area contributed by atoms with Crippen molar-refractivity contribution in [3.8, 4) is 0 Å². The number of hydrogen-bond acceptors (Lipinski definition) is 4. The minimum Gasteiger partial charge on any atom is -0.446 e. The Balaban J connectivity index is 2.17. The van der Waals surface area contributed by atoms with Crippen molar-refractivity contribution in [1.29, 1.82) is 0 Å². The summed E-state index contributed by atoms with van der Waals surface area (Å²) in [5.74, 6) is 1.08. The lowest BCUT2D eigenvalue weighted by atomic mass is 10.0. The summed E-state index contributed by atoms with van der Waals surface area (Å²) >= 11 is 0. The molecule has 0 bridgehead atoms. The van der Waals surface area contributed by atoms with Gasteiger partial charge >= 0.3 is 0 Å². The van der Waals surface area contributed by atoms with Gasteiger partial charge in [-0.2, -0.15) is 0 Å². The summed E-state index contributed by atoms with van der Waals surface area (Å²) in [6.07, 6.45) is 0. The fourth-order valence-corrected chi connectivity index (χ4v) is 3.02. The molecule has 5 nitrogen and oxygen atoms in total. The lowest BCUT2D eigenvalue weighted by molar-refractivity contribution is 0.398. The average molecular weight is 336 g/mol. The molecule has 0 saturated carbocycles. The van der Waals surface area contributed by atoms with E-state index < -0.39 is 10.0 Å². The molecule has 0 aliphatic heterocycles. The van der Waals surface area contributed by atoms with Crippen LogP contribution < -0.4 is 4.90 Å². The maximum absolute atomic E-state index is 12.0. The fraction of sp³-hybridized carbons (Fsp3) is 0.412. The van der Waals surface area contributed by atoms with E-state index in [0.29, 0.717) is 18.2 Å². The lowest BCUT2D eigenvalue weighted by Crippen LogP contribution is -2.21. The number of sulfonamides is 1. The molecular weight excluding hydrogens is 312 g/mol. The van der Waals surface area contributed by atoms with Gasteiger partial charge in [-0.05, 0) is 35.7 Å². The molecule has 6 heteroatoms. The Labute approximate surface area is 138 Å². The maximum atomic E-state index is 12.0. The molecule has 1 aromatic carbocycles. The van der Waals surface area contributed by atoms with Crippen molar-refractivity contribution in [1.82, 2.24) is 4.31 Å². The molecule has 2 rings (SSSR count). The predicted molar refractivity (Wildman–Crippen MR) is 92.2 cm³/mol. The van der Waals surface area contributed by atoms with Gasteiger partial charge in [-0.3, -0.25) is 0 Å². The third-order valence-corrected chi connectivity index (χ3v) is 5.43. The SMILES string of the molecule is CC(C)c1cccc(N(C)Cc2ccc(S(=O)(=O)N(C)C)o2)c1. The first-order chi connectivity index (χ1) is 10.7. The fourth-order valence-electron chi connectivity index (χ4n) is 2.21. The molecule has 1 aromatic heterocycles. The number of nitrogens with zero attached hydrogens (tertiary/aromatic N) is 2. The van der Waals surface area contributed by atoms with Crippen LogP contribution in [0.5, 0.6) is 0 Å². The number of furan rings is 1. The minimum absolute atomic E-state index is 0.0261. The van der Waals surface area contributed by atoms with Crippen molar-refractivity contribution in [2.24, 2.45) is 0 Å². The number of hydrogen-bond donors (Lipinski definition) is 0. The molecule has 2 aromatic rings. The van der Waals surface area contributed by atoms with E-state index in [4.69, 9.17) is 4.42 Å². The van der Waals surface area contributed by atoms with Gasteiger partial charge in [-0.1, -0.05) is 26.0 Å². The zero-order valence-electron chi connectivity index (χ0n) is 14.3. The van der Waals surface area contributed by atoms with Crippen molar-refractivity contribution < 1.29 is 12.8 Å². The van der Waals surface area contributed by atoms with Crippen LogP contribution in [0.4, 0.5) is 5.69 Å². The normalized spacial score (nSPS) is 12.1. The van der Waals surface area contributed by atoms with Crippen LogP contribution in [0, 0.1) is 0 Å².